The van der Waals surface area contributed by atoms with Crippen LogP contribution in [0.3, 0.4) is 0 Å². The van der Waals surface area contributed by atoms with Gasteiger partial charge in [0.1, 0.15) is 11.4 Å². The molecule has 7 nitrogen and oxygen atoms in total. The van der Waals surface area contributed by atoms with Gasteiger partial charge in [-0.15, -0.1) is 0 Å². The molecule has 2 unspecified atom stereocenters. The Labute approximate surface area is 143 Å². The first-order chi connectivity index (χ1) is 11.4. The summed E-state index contributed by atoms with van der Waals surface area (Å²) in [7, 11) is 0. The predicted octanol–water partition coefficient (Wildman–Crippen LogP) is 0.658. The van der Waals surface area contributed by atoms with Gasteiger partial charge in [0.15, 0.2) is 0 Å². The molecule has 1 aromatic heterocycles. The van der Waals surface area contributed by atoms with Crippen molar-refractivity contribution in [3.8, 4) is 0 Å². The number of rotatable bonds is 4. The molecule has 0 spiro atoms. The van der Waals surface area contributed by atoms with Gasteiger partial charge in [-0.1, -0.05) is 13.8 Å². The highest BCUT2D eigenvalue weighted by atomic mass is 16.5. The molecule has 24 heavy (non-hydrogen) atoms. The molecule has 3 rings (SSSR count). The lowest BCUT2D eigenvalue weighted by Gasteiger charge is -2.59. The van der Waals surface area contributed by atoms with E-state index in [0.717, 1.165) is 18.9 Å². The third-order valence-electron chi connectivity index (χ3n) is 5.65. The van der Waals surface area contributed by atoms with Crippen molar-refractivity contribution in [2.45, 2.75) is 38.8 Å². The number of piperazine rings is 1. The van der Waals surface area contributed by atoms with E-state index in [1.165, 1.54) is 0 Å². The lowest BCUT2D eigenvalue weighted by Crippen LogP contribution is -2.76. The van der Waals surface area contributed by atoms with Crippen molar-refractivity contribution in [1.29, 1.82) is 0 Å². The van der Waals surface area contributed by atoms with E-state index in [1.54, 1.807) is 18.6 Å². The van der Waals surface area contributed by atoms with Gasteiger partial charge in [-0.3, -0.25) is 9.78 Å². The number of nitrogens with two attached hydrogens (primary N) is 1. The number of carbonyl (C=O) groups is 1. The first-order valence-electron chi connectivity index (χ1n) is 8.61. The van der Waals surface area contributed by atoms with Gasteiger partial charge < -0.3 is 20.3 Å². The van der Waals surface area contributed by atoms with Gasteiger partial charge in [-0.25, -0.2) is 4.98 Å². The van der Waals surface area contributed by atoms with E-state index >= 15 is 0 Å². The van der Waals surface area contributed by atoms with Crippen LogP contribution in [0.15, 0.2) is 18.6 Å². The second kappa shape index (κ2) is 6.29. The molecule has 2 atom stereocenters. The molecule has 1 saturated heterocycles. The zero-order valence-electron chi connectivity index (χ0n) is 14.7. The predicted molar refractivity (Wildman–Crippen MR) is 91.6 cm³/mol. The van der Waals surface area contributed by atoms with E-state index < -0.39 is 5.54 Å². The van der Waals surface area contributed by atoms with Gasteiger partial charge in [-0.2, -0.15) is 0 Å². The van der Waals surface area contributed by atoms with E-state index in [2.05, 4.69) is 14.9 Å². The second-order valence-electron chi connectivity index (χ2n) is 7.18. The molecule has 1 aliphatic carbocycles. The van der Waals surface area contributed by atoms with Gasteiger partial charge >= 0.3 is 0 Å². The third-order valence-corrected chi connectivity index (χ3v) is 5.65. The number of ether oxygens (including phenoxy) is 1. The molecule has 1 saturated carbocycles. The van der Waals surface area contributed by atoms with E-state index in [-0.39, 0.29) is 17.4 Å². The highest BCUT2D eigenvalue weighted by Crippen LogP contribution is 2.50. The number of carbonyl (C=O) groups excluding carboxylic acids is 1. The van der Waals surface area contributed by atoms with Crippen LogP contribution in [0.25, 0.3) is 0 Å². The molecule has 0 bridgehead atoms. The summed E-state index contributed by atoms with van der Waals surface area (Å²) < 4.78 is 5.73. The molecule has 2 heterocycles. The number of nitrogens with zero attached hydrogens (tertiary/aromatic N) is 4. The van der Waals surface area contributed by atoms with Crippen molar-refractivity contribution in [2.24, 2.45) is 11.1 Å². The number of amides is 1. The number of hydrogen-bond donors (Lipinski definition) is 1. The van der Waals surface area contributed by atoms with Gasteiger partial charge in [0.05, 0.1) is 12.3 Å². The quantitative estimate of drug-likeness (QED) is 0.871. The van der Waals surface area contributed by atoms with Crippen LogP contribution in [0.4, 0.5) is 5.82 Å². The summed E-state index contributed by atoms with van der Waals surface area (Å²) in [6, 6.07) is 0. The lowest BCUT2D eigenvalue weighted by atomic mass is 9.54. The zero-order valence-corrected chi connectivity index (χ0v) is 14.7. The molecule has 1 aliphatic heterocycles. The average Bonchev–Trinajstić information content (AvgIpc) is 2.61. The maximum atomic E-state index is 13.0. The van der Waals surface area contributed by atoms with Gasteiger partial charge in [0.25, 0.3) is 0 Å². The topological polar surface area (TPSA) is 84.6 Å². The fourth-order valence-corrected chi connectivity index (χ4v) is 3.67. The van der Waals surface area contributed by atoms with E-state index in [0.29, 0.717) is 26.1 Å². The minimum absolute atomic E-state index is 0.0437. The maximum absolute atomic E-state index is 13.0. The Morgan fingerprint density at radius 1 is 1.33 bits per heavy atom. The molecule has 2 N–H and O–H groups in total. The summed E-state index contributed by atoms with van der Waals surface area (Å²) in [5.41, 5.74) is 5.34. The van der Waals surface area contributed by atoms with Gasteiger partial charge in [0.2, 0.25) is 5.91 Å². The Morgan fingerprint density at radius 2 is 2.04 bits per heavy atom. The summed E-state index contributed by atoms with van der Waals surface area (Å²) >= 11 is 0. The van der Waals surface area contributed by atoms with Crippen molar-refractivity contribution in [3.05, 3.63) is 18.6 Å². The summed E-state index contributed by atoms with van der Waals surface area (Å²) in [6.45, 7) is 9.49. The monoisotopic (exact) mass is 333 g/mol. The Hall–Kier alpha value is -1.73. The number of anilines is 1. The fraction of sp³-hybridized carbons (Fsp3) is 0.706. The molecule has 0 aromatic carbocycles. The Kier molecular flexibility index (Phi) is 4.48. The van der Waals surface area contributed by atoms with Crippen LogP contribution in [-0.4, -0.2) is 65.2 Å². The van der Waals surface area contributed by atoms with Crippen molar-refractivity contribution in [1.82, 2.24) is 14.9 Å². The van der Waals surface area contributed by atoms with Crippen LogP contribution in [0.1, 0.15) is 27.2 Å². The molecule has 2 aliphatic rings. The second-order valence-corrected chi connectivity index (χ2v) is 7.18. The highest BCUT2D eigenvalue weighted by Gasteiger charge is 2.63. The Morgan fingerprint density at radius 3 is 2.58 bits per heavy atom. The van der Waals surface area contributed by atoms with Gasteiger partial charge in [-0.05, 0) is 6.92 Å². The molecular formula is C17H27N5O2. The molecule has 1 amide bonds. The van der Waals surface area contributed by atoms with Crippen molar-refractivity contribution in [3.63, 3.8) is 0 Å². The smallest absolute Gasteiger partial charge is 0.243 e. The first-order valence-corrected chi connectivity index (χ1v) is 8.61. The highest BCUT2D eigenvalue weighted by molar-refractivity contribution is 5.89. The number of aromatic nitrogens is 2. The lowest BCUT2D eigenvalue weighted by molar-refractivity contribution is -0.179. The molecule has 132 valence electrons. The minimum Gasteiger partial charge on any atom is -0.378 e. The maximum Gasteiger partial charge on any atom is 0.243 e. The summed E-state index contributed by atoms with van der Waals surface area (Å²) in [4.78, 5) is 25.5. The van der Waals surface area contributed by atoms with E-state index in [4.69, 9.17) is 10.5 Å². The normalized spacial score (nSPS) is 29.2. The van der Waals surface area contributed by atoms with Crippen molar-refractivity contribution in [2.75, 3.05) is 37.7 Å². The molecule has 1 aromatic rings. The SMILES string of the molecule is CCOC1CC(N)(C(=O)N2CCN(c3cnccn3)CC2)C1(C)C. The van der Waals surface area contributed by atoms with Crippen molar-refractivity contribution >= 4 is 11.7 Å². The van der Waals surface area contributed by atoms with Crippen LogP contribution >= 0.6 is 0 Å². The molecule has 7 heteroatoms. The Bertz CT molecular complexity index is 586. The third kappa shape index (κ3) is 2.65. The standard InChI is InChI=1S/C17H27N5O2/c1-4-24-13-11-17(18,16(13,2)3)15(23)22-9-7-21(8-10-22)14-12-19-5-6-20-14/h5-6,12-13H,4,7-11,18H2,1-3H3. The molecular weight excluding hydrogens is 306 g/mol. The minimum atomic E-state index is -0.832. The van der Waals surface area contributed by atoms with E-state index in [1.807, 2.05) is 25.7 Å². The van der Waals surface area contributed by atoms with Crippen LogP contribution in [-0.2, 0) is 9.53 Å². The van der Waals surface area contributed by atoms with Crippen molar-refractivity contribution < 1.29 is 9.53 Å². The summed E-state index contributed by atoms with van der Waals surface area (Å²) in [5, 5.41) is 0. The first kappa shape index (κ1) is 17.1. The summed E-state index contributed by atoms with van der Waals surface area (Å²) in [5.74, 6) is 0.898. The zero-order chi connectivity index (χ0) is 17.4. The van der Waals surface area contributed by atoms with E-state index in [9.17, 15) is 4.79 Å². The number of hydrogen-bond acceptors (Lipinski definition) is 6. The Balaban J connectivity index is 1.62. The van der Waals surface area contributed by atoms with Crippen LogP contribution in [0, 0.1) is 5.41 Å². The fourth-order valence-electron chi connectivity index (χ4n) is 3.67. The van der Waals surface area contributed by atoms with Crippen LogP contribution < -0.4 is 10.6 Å². The molecule has 0 radical (unpaired) electrons. The van der Waals surface area contributed by atoms with Gasteiger partial charge in [0, 0.05) is 57.0 Å². The van der Waals surface area contributed by atoms with Crippen LogP contribution in [0.2, 0.25) is 0 Å². The average molecular weight is 333 g/mol. The summed E-state index contributed by atoms with van der Waals surface area (Å²) in [6.07, 6.45) is 5.75. The largest absolute Gasteiger partial charge is 0.378 e. The van der Waals surface area contributed by atoms with Crippen LogP contribution in [0.5, 0.6) is 0 Å². The molecule has 2 fully saturated rings.